The van der Waals surface area contributed by atoms with Crippen LogP contribution in [0, 0.1) is 23.2 Å². The fourth-order valence-corrected chi connectivity index (χ4v) is 6.07. The summed E-state index contributed by atoms with van der Waals surface area (Å²) in [7, 11) is 4.02. The van der Waals surface area contributed by atoms with Crippen molar-refractivity contribution in [3.8, 4) is 0 Å². The fraction of sp³-hybridized carbons (Fsp3) is 0.667. The van der Waals surface area contributed by atoms with Gasteiger partial charge in [0, 0.05) is 31.4 Å². The third-order valence-electron chi connectivity index (χ3n) is 6.98. The Hall–Kier alpha value is -1.51. The Morgan fingerprint density at radius 1 is 1.12 bits per heavy atom. The molecule has 0 saturated heterocycles. The van der Waals surface area contributed by atoms with Crippen LogP contribution in [0.25, 0.3) is 0 Å². The quantitative estimate of drug-likeness (QED) is 0.904. The third-order valence-corrected chi connectivity index (χ3v) is 6.98. The molecule has 4 aliphatic carbocycles. The maximum atomic E-state index is 12.8. The molecule has 130 valence electrons. The van der Waals surface area contributed by atoms with Gasteiger partial charge in [0.2, 0.25) is 0 Å². The highest BCUT2D eigenvalue weighted by Gasteiger charge is 2.53. The SMILES string of the molecule is CC(NC(=O)c1cccc(N(C)C)c1)C12CC3CC(CC(C3)C1)C2. The Balaban J connectivity index is 1.49. The van der Waals surface area contributed by atoms with Gasteiger partial charge in [0.15, 0.2) is 0 Å². The Morgan fingerprint density at radius 2 is 1.71 bits per heavy atom. The van der Waals surface area contributed by atoms with E-state index in [9.17, 15) is 4.79 Å². The van der Waals surface area contributed by atoms with Crippen LogP contribution in [0.4, 0.5) is 5.69 Å². The second kappa shape index (κ2) is 5.79. The van der Waals surface area contributed by atoms with Gasteiger partial charge < -0.3 is 10.2 Å². The first kappa shape index (κ1) is 16.0. The molecule has 3 heteroatoms. The highest BCUT2D eigenvalue weighted by molar-refractivity contribution is 5.95. The lowest BCUT2D eigenvalue weighted by Gasteiger charge is -2.59. The van der Waals surface area contributed by atoms with E-state index >= 15 is 0 Å². The number of amides is 1. The zero-order valence-electron chi connectivity index (χ0n) is 15.2. The van der Waals surface area contributed by atoms with Crippen molar-refractivity contribution < 1.29 is 4.79 Å². The van der Waals surface area contributed by atoms with E-state index in [1.54, 1.807) is 0 Å². The molecule has 0 spiro atoms. The number of anilines is 1. The molecule has 1 atom stereocenters. The molecule has 1 unspecified atom stereocenters. The summed E-state index contributed by atoms with van der Waals surface area (Å²) in [4.78, 5) is 14.8. The van der Waals surface area contributed by atoms with E-state index in [-0.39, 0.29) is 11.9 Å². The van der Waals surface area contributed by atoms with Crippen molar-refractivity contribution in [2.75, 3.05) is 19.0 Å². The number of carbonyl (C=O) groups excluding carboxylic acids is 1. The van der Waals surface area contributed by atoms with Crippen LogP contribution in [0.3, 0.4) is 0 Å². The lowest BCUT2D eigenvalue weighted by atomic mass is 9.48. The summed E-state index contributed by atoms with van der Waals surface area (Å²) >= 11 is 0. The number of rotatable bonds is 4. The van der Waals surface area contributed by atoms with Gasteiger partial charge >= 0.3 is 0 Å². The number of hydrogen-bond donors (Lipinski definition) is 1. The van der Waals surface area contributed by atoms with E-state index in [1.807, 2.05) is 43.3 Å². The summed E-state index contributed by atoms with van der Waals surface area (Å²) in [6.07, 6.45) is 8.34. The van der Waals surface area contributed by atoms with E-state index in [4.69, 9.17) is 0 Å². The van der Waals surface area contributed by atoms with Crippen LogP contribution in [-0.2, 0) is 0 Å². The zero-order chi connectivity index (χ0) is 16.9. The van der Waals surface area contributed by atoms with Gasteiger partial charge in [-0.05, 0) is 86.8 Å². The van der Waals surface area contributed by atoms with Gasteiger partial charge in [0.05, 0.1) is 0 Å². The van der Waals surface area contributed by atoms with Gasteiger partial charge in [-0.3, -0.25) is 4.79 Å². The van der Waals surface area contributed by atoms with Crippen LogP contribution in [0.5, 0.6) is 0 Å². The average molecular weight is 326 g/mol. The summed E-state index contributed by atoms with van der Waals surface area (Å²) < 4.78 is 0. The third kappa shape index (κ3) is 2.72. The van der Waals surface area contributed by atoms with Crippen LogP contribution in [0.15, 0.2) is 24.3 Å². The van der Waals surface area contributed by atoms with Gasteiger partial charge in [-0.15, -0.1) is 0 Å². The molecule has 0 radical (unpaired) electrons. The maximum absolute atomic E-state index is 12.8. The molecule has 0 aliphatic heterocycles. The van der Waals surface area contributed by atoms with E-state index in [2.05, 4.69) is 12.2 Å². The molecule has 1 aromatic carbocycles. The van der Waals surface area contributed by atoms with Crippen molar-refractivity contribution in [2.24, 2.45) is 23.2 Å². The molecule has 24 heavy (non-hydrogen) atoms. The molecule has 0 aromatic heterocycles. The lowest BCUT2D eigenvalue weighted by Crippen LogP contribution is -2.55. The van der Waals surface area contributed by atoms with Crippen LogP contribution < -0.4 is 10.2 Å². The van der Waals surface area contributed by atoms with E-state index < -0.39 is 0 Å². The number of nitrogens with zero attached hydrogens (tertiary/aromatic N) is 1. The largest absolute Gasteiger partial charge is 0.378 e. The smallest absolute Gasteiger partial charge is 0.251 e. The second-order valence-corrected chi connectivity index (χ2v) is 8.92. The first-order chi connectivity index (χ1) is 11.4. The van der Waals surface area contributed by atoms with Gasteiger partial charge in [0.1, 0.15) is 0 Å². The van der Waals surface area contributed by atoms with Crippen molar-refractivity contribution in [2.45, 2.75) is 51.5 Å². The Kier molecular flexibility index (Phi) is 3.85. The Labute approximate surface area is 145 Å². The summed E-state index contributed by atoms with van der Waals surface area (Å²) in [5.41, 5.74) is 2.21. The van der Waals surface area contributed by atoms with Crippen LogP contribution in [0.1, 0.15) is 55.8 Å². The molecule has 4 aliphatic rings. The van der Waals surface area contributed by atoms with Crippen molar-refractivity contribution in [3.05, 3.63) is 29.8 Å². The Morgan fingerprint density at radius 3 is 2.25 bits per heavy atom. The van der Waals surface area contributed by atoms with Gasteiger partial charge in [-0.25, -0.2) is 0 Å². The standard InChI is InChI=1S/C21H30N2O/c1-14(21-11-15-7-16(12-21)9-17(8-15)13-21)22-20(24)18-5-4-6-19(10-18)23(2)3/h4-6,10,14-17H,7-9,11-13H2,1-3H3,(H,22,24). The number of benzene rings is 1. The first-order valence-electron chi connectivity index (χ1n) is 9.53. The number of carbonyl (C=O) groups is 1. The summed E-state index contributed by atoms with van der Waals surface area (Å²) in [6.45, 7) is 2.25. The van der Waals surface area contributed by atoms with Crippen molar-refractivity contribution >= 4 is 11.6 Å². The molecule has 4 saturated carbocycles. The molecule has 1 aromatic rings. The monoisotopic (exact) mass is 326 g/mol. The fourth-order valence-electron chi connectivity index (χ4n) is 6.07. The number of nitrogens with one attached hydrogen (secondary N) is 1. The minimum absolute atomic E-state index is 0.0851. The topological polar surface area (TPSA) is 32.3 Å². The molecule has 4 bridgehead atoms. The van der Waals surface area contributed by atoms with E-state index in [1.165, 1.54) is 38.5 Å². The zero-order valence-corrected chi connectivity index (χ0v) is 15.2. The van der Waals surface area contributed by atoms with Crippen LogP contribution >= 0.6 is 0 Å². The summed E-state index contributed by atoms with van der Waals surface area (Å²) in [6, 6.07) is 8.21. The van der Waals surface area contributed by atoms with Crippen LogP contribution in [-0.4, -0.2) is 26.0 Å². The summed E-state index contributed by atoms with van der Waals surface area (Å²) in [5.74, 6) is 2.86. The van der Waals surface area contributed by atoms with Crippen molar-refractivity contribution in [1.82, 2.24) is 5.32 Å². The summed E-state index contributed by atoms with van der Waals surface area (Å²) in [5, 5.41) is 3.36. The molecule has 1 amide bonds. The predicted octanol–water partition coefficient (Wildman–Crippen LogP) is 4.09. The molecule has 5 rings (SSSR count). The van der Waals surface area contributed by atoms with Gasteiger partial charge in [-0.1, -0.05) is 6.07 Å². The molecule has 3 nitrogen and oxygen atoms in total. The van der Waals surface area contributed by atoms with E-state index in [0.29, 0.717) is 5.41 Å². The first-order valence-corrected chi connectivity index (χ1v) is 9.53. The molecular formula is C21H30N2O. The van der Waals surface area contributed by atoms with Crippen LogP contribution in [0.2, 0.25) is 0 Å². The van der Waals surface area contributed by atoms with Gasteiger partial charge in [-0.2, -0.15) is 0 Å². The minimum Gasteiger partial charge on any atom is -0.378 e. The van der Waals surface area contributed by atoms with E-state index in [0.717, 1.165) is 29.0 Å². The second-order valence-electron chi connectivity index (χ2n) is 8.92. The molecule has 1 N–H and O–H groups in total. The molecule has 0 heterocycles. The minimum atomic E-state index is 0.0851. The predicted molar refractivity (Wildman–Crippen MR) is 98.3 cm³/mol. The molecular weight excluding hydrogens is 296 g/mol. The Bertz CT molecular complexity index is 601. The molecule has 4 fully saturated rings. The highest BCUT2D eigenvalue weighted by atomic mass is 16.1. The van der Waals surface area contributed by atoms with Crippen molar-refractivity contribution in [1.29, 1.82) is 0 Å². The normalized spacial score (nSPS) is 34.9. The number of hydrogen-bond acceptors (Lipinski definition) is 2. The maximum Gasteiger partial charge on any atom is 0.251 e. The lowest BCUT2D eigenvalue weighted by molar-refractivity contribution is -0.0688. The highest BCUT2D eigenvalue weighted by Crippen LogP contribution is 2.61. The van der Waals surface area contributed by atoms with Gasteiger partial charge in [0.25, 0.3) is 5.91 Å². The van der Waals surface area contributed by atoms with Crippen molar-refractivity contribution in [3.63, 3.8) is 0 Å². The average Bonchev–Trinajstić information content (AvgIpc) is 2.53.